The van der Waals surface area contributed by atoms with Crippen molar-refractivity contribution in [3.63, 3.8) is 0 Å². The van der Waals surface area contributed by atoms with Crippen molar-refractivity contribution in [1.29, 1.82) is 5.26 Å². The molecule has 0 spiro atoms. The minimum Gasteiger partial charge on any atom is -0.341 e. The van der Waals surface area contributed by atoms with Gasteiger partial charge < -0.3 is 4.90 Å². The Morgan fingerprint density at radius 1 is 1.43 bits per heavy atom. The highest BCUT2D eigenvalue weighted by atomic mass is 19.4. The number of hydrogen-bond acceptors (Lipinski definition) is 2. The van der Waals surface area contributed by atoms with Crippen LogP contribution in [0.2, 0.25) is 0 Å². The van der Waals surface area contributed by atoms with Crippen molar-refractivity contribution >= 4 is 5.91 Å². The average Bonchev–Trinajstić information content (AvgIpc) is 2.46. The van der Waals surface area contributed by atoms with Crippen LogP contribution in [0.4, 0.5) is 13.2 Å². The Kier molecular flexibility index (Phi) is 4.51. The molecule has 1 amide bonds. The molecular formula is C15H15F3N2O. The van der Waals surface area contributed by atoms with Crippen LogP contribution < -0.4 is 0 Å². The van der Waals surface area contributed by atoms with Gasteiger partial charge in [0.2, 0.25) is 5.91 Å². The molecular weight excluding hydrogens is 281 g/mol. The monoisotopic (exact) mass is 296 g/mol. The van der Waals surface area contributed by atoms with E-state index >= 15 is 0 Å². The largest absolute Gasteiger partial charge is 0.416 e. The second kappa shape index (κ2) is 6.17. The van der Waals surface area contributed by atoms with Crippen LogP contribution in [0, 0.1) is 17.2 Å². The van der Waals surface area contributed by atoms with Gasteiger partial charge in [0, 0.05) is 13.1 Å². The molecule has 0 unspecified atom stereocenters. The third-order valence-electron chi connectivity index (χ3n) is 3.57. The molecule has 1 fully saturated rings. The Labute approximate surface area is 121 Å². The highest BCUT2D eigenvalue weighted by Crippen LogP contribution is 2.29. The van der Waals surface area contributed by atoms with Crippen molar-refractivity contribution in [1.82, 2.24) is 4.90 Å². The van der Waals surface area contributed by atoms with Gasteiger partial charge in [-0.3, -0.25) is 4.79 Å². The van der Waals surface area contributed by atoms with Crippen molar-refractivity contribution in [2.75, 3.05) is 13.1 Å². The van der Waals surface area contributed by atoms with E-state index in [-0.39, 0.29) is 18.2 Å². The van der Waals surface area contributed by atoms with E-state index in [1.54, 1.807) is 4.90 Å². The van der Waals surface area contributed by atoms with Crippen LogP contribution in [0.1, 0.15) is 24.0 Å². The van der Waals surface area contributed by atoms with Gasteiger partial charge in [-0.05, 0) is 24.5 Å². The van der Waals surface area contributed by atoms with Crippen LogP contribution in [-0.2, 0) is 17.4 Å². The first kappa shape index (κ1) is 15.4. The molecule has 1 aliphatic rings. The SMILES string of the molecule is N#C[C@@H]1CCCN(C(=O)Cc2cccc(C(F)(F)F)c2)C1. The predicted molar refractivity (Wildman–Crippen MR) is 70.1 cm³/mol. The number of benzene rings is 1. The first-order valence-electron chi connectivity index (χ1n) is 6.73. The van der Waals surface area contributed by atoms with Gasteiger partial charge in [0.05, 0.1) is 24.0 Å². The topological polar surface area (TPSA) is 44.1 Å². The van der Waals surface area contributed by atoms with E-state index in [0.717, 1.165) is 25.0 Å². The number of piperidine rings is 1. The highest BCUT2D eigenvalue weighted by molar-refractivity contribution is 5.79. The molecule has 0 radical (unpaired) electrons. The number of likely N-dealkylation sites (tertiary alicyclic amines) is 1. The van der Waals surface area contributed by atoms with Crippen LogP contribution in [0.25, 0.3) is 0 Å². The maximum absolute atomic E-state index is 12.6. The molecule has 1 saturated heterocycles. The van der Waals surface area contributed by atoms with E-state index in [4.69, 9.17) is 5.26 Å². The summed E-state index contributed by atoms with van der Waals surface area (Å²) in [4.78, 5) is 13.7. The van der Waals surface area contributed by atoms with Crippen molar-refractivity contribution in [3.8, 4) is 6.07 Å². The molecule has 1 atom stereocenters. The first-order chi connectivity index (χ1) is 9.90. The summed E-state index contributed by atoms with van der Waals surface area (Å²) in [6.07, 6.45) is -2.95. The molecule has 0 N–H and O–H groups in total. The predicted octanol–water partition coefficient (Wildman–Crippen LogP) is 3.01. The van der Waals surface area contributed by atoms with E-state index in [2.05, 4.69) is 6.07 Å². The molecule has 6 heteroatoms. The fourth-order valence-corrected chi connectivity index (χ4v) is 2.45. The number of amides is 1. The van der Waals surface area contributed by atoms with Crippen molar-refractivity contribution in [3.05, 3.63) is 35.4 Å². The van der Waals surface area contributed by atoms with Gasteiger partial charge in [-0.1, -0.05) is 18.2 Å². The average molecular weight is 296 g/mol. The summed E-state index contributed by atoms with van der Waals surface area (Å²) >= 11 is 0. The number of alkyl halides is 3. The number of hydrogen-bond donors (Lipinski definition) is 0. The Balaban J connectivity index is 2.04. The summed E-state index contributed by atoms with van der Waals surface area (Å²) in [5.74, 6) is -0.404. The fraction of sp³-hybridized carbons (Fsp3) is 0.467. The zero-order valence-electron chi connectivity index (χ0n) is 11.4. The van der Waals surface area contributed by atoms with E-state index in [1.807, 2.05) is 0 Å². The van der Waals surface area contributed by atoms with Gasteiger partial charge in [-0.2, -0.15) is 18.4 Å². The summed E-state index contributed by atoms with van der Waals surface area (Å²) in [7, 11) is 0. The number of carbonyl (C=O) groups is 1. The Morgan fingerprint density at radius 2 is 2.19 bits per heavy atom. The maximum Gasteiger partial charge on any atom is 0.416 e. The molecule has 0 saturated carbocycles. The molecule has 1 aromatic carbocycles. The second-order valence-corrected chi connectivity index (χ2v) is 5.18. The zero-order chi connectivity index (χ0) is 15.5. The van der Waals surface area contributed by atoms with Gasteiger partial charge in [0.1, 0.15) is 0 Å². The minimum absolute atomic E-state index is 0.0674. The van der Waals surface area contributed by atoms with E-state index < -0.39 is 11.7 Å². The van der Waals surface area contributed by atoms with Crippen LogP contribution in [0.5, 0.6) is 0 Å². The number of nitriles is 1. The van der Waals surface area contributed by atoms with Gasteiger partial charge in [-0.25, -0.2) is 0 Å². The summed E-state index contributed by atoms with van der Waals surface area (Å²) in [6.45, 7) is 0.935. The molecule has 2 rings (SSSR count). The van der Waals surface area contributed by atoms with Crippen LogP contribution >= 0.6 is 0 Å². The third-order valence-corrected chi connectivity index (χ3v) is 3.57. The molecule has 112 valence electrons. The van der Waals surface area contributed by atoms with Gasteiger partial charge in [0.15, 0.2) is 0 Å². The van der Waals surface area contributed by atoms with E-state index in [1.165, 1.54) is 12.1 Å². The lowest BCUT2D eigenvalue weighted by molar-refractivity contribution is -0.138. The molecule has 0 aromatic heterocycles. The number of carbonyl (C=O) groups excluding carboxylic acids is 1. The molecule has 21 heavy (non-hydrogen) atoms. The number of rotatable bonds is 2. The smallest absolute Gasteiger partial charge is 0.341 e. The maximum atomic E-state index is 12.6. The van der Waals surface area contributed by atoms with Gasteiger partial charge >= 0.3 is 6.18 Å². The summed E-state index contributed by atoms with van der Waals surface area (Å²) in [6, 6.07) is 6.95. The molecule has 0 bridgehead atoms. The summed E-state index contributed by atoms with van der Waals surface area (Å²) in [5.41, 5.74) is -0.407. The third kappa shape index (κ3) is 3.97. The fourth-order valence-electron chi connectivity index (χ4n) is 2.45. The Morgan fingerprint density at radius 3 is 2.86 bits per heavy atom. The van der Waals surface area contributed by atoms with Crippen LogP contribution in [-0.4, -0.2) is 23.9 Å². The van der Waals surface area contributed by atoms with Crippen LogP contribution in [0.15, 0.2) is 24.3 Å². The molecule has 1 aromatic rings. The van der Waals surface area contributed by atoms with Crippen molar-refractivity contribution in [2.24, 2.45) is 5.92 Å². The molecule has 1 heterocycles. The normalized spacial score (nSPS) is 19.1. The van der Waals surface area contributed by atoms with E-state index in [0.29, 0.717) is 18.7 Å². The minimum atomic E-state index is -4.41. The lowest BCUT2D eigenvalue weighted by Gasteiger charge is -2.29. The standard InChI is InChI=1S/C15H15F3N2O/c16-15(17,18)13-5-1-3-11(7-13)8-14(21)20-6-2-4-12(9-19)10-20/h1,3,5,7,12H,2,4,6,8,10H2/t12-/m0/s1. The Bertz CT molecular complexity index is 563. The first-order valence-corrected chi connectivity index (χ1v) is 6.73. The van der Waals surface area contributed by atoms with Crippen molar-refractivity contribution < 1.29 is 18.0 Å². The van der Waals surface area contributed by atoms with Gasteiger partial charge in [0.25, 0.3) is 0 Å². The number of nitrogens with zero attached hydrogens (tertiary/aromatic N) is 2. The van der Waals surface area contributed by atoms with Gasteiger partial charge in [-0.15, -0.1) is 0 Å². The summed E-state index contributed by atoms with van der Waals surface area (Å²) < 4.78 is 37.9. The lowest BCUT2D eigenvalue weighted by atomic mass is 9.99. The lowest BCUT2D eigenvalue weighted by Crippen LogP contribution is -2.40. The highest BCUT2D eigenvalue weighted by Gasteiger charge is 2.30. The summed E-state index contributed by atoms with van der Waals surface area (Å²) in [5, 5.41) is 8.89. The zero-order valence-corrected chi connectivity index (χ0v) is 11.4. The second-order valence-electron chi connectivity index (χ2n) is 5.18. The molecule has 0 aliphatic carbocycles. The Hall–Kier alpha value is -2.03. The molecule has 3 nitrogen and oxygen atoms in total. The van der Waals surface area contributed by atoms with Crippen LogP contribution in [0.3, 0.4) is 0 Å². The number of halogens is 3. The quantitative estimate of drug-likeness (QED) is 0.842. The molecule has 1 aliphatic heterocycles. The van der Waals surface area contributed by atoms with E-state index in [9.17, 15) is 18.0 Å². The van der Waals surface area contributed by atoms with Crippen molar-refractivity contribution in [2.45, 2.75) is 25.4 Å².